The molecule has 0 saturated carbocycles. The van der Waals surface area contributed by atoms with Gasteiger partial charge in [0.05, 0.1) is 10.6 Å². The number of carbonyl (C=O) groups is 1. The molecule has 4 aromatic rings. The van der Waals surface area contributed by atoms with Crippen LogP contribution in [0, 0.1) is 0 Å². The van der Waals surface area contributed by atoms with Gasteiger partial charge in [-0.25, -0.2) is 9.50 Å². The Morgan fingerprint density at radius 2 is 1.83 bits per heavy atom. The molecule has 1 saturated heterocycles. The van der Waals surface area contributed by atoms with Crippen LogP contribution < -0.4 is 0 Å². The number of halogens is 5. The van der Waals surface area contributed by atoms with Crippen LogP contribution in [0.2, 0.25) is 10.0 Å². The molecule has 5 rings (SSSR count). The third-order valence-corrected chi connectivity index (χ3v) is 7.26. The predicted molar refractivity (Wildman–Crippen MR) is 129 cm³/mol. The van der Waals surface area contributed by atoms with Crippen molar-refractivity contribution in [3.63, 3.8) is 0 Å². The van der Waals surface area contributed by atoms with E-state index in [1.54, 1.807) is 34.5 Å². The third kappa shape index (κ3) is 5.02. The van der Waals surface area contributed by atoms with Gasteiger partial charge in [0.25, 0.3) is 5.91 Å². The maximum Gasteiger partial charge on any atom is 0.433 e. The minimum atomic E-state index is -4.66. The summed E-state index contributed by atoms with van der Waals surface area (Å²) in [4.78, 5) is 21.8. The smallest absolute Gasteiger partial charge is 0.335 e. The lowest BCUT2D eigenvalue weighted by molar-refractivity contribution is -0.142. The fourth-order valence-electron chi connectivity index (χ4n) is 3.99. The molecule has 0 unspecified atom stereocenters. The maximum atomic E-state index is 13.8. The van der Waals surface area contributed by atoms with Crippen LogP contribution >= 0.6 is 34.5 Å². The number of piperazine rings is 1. The van der Waals surface area contributed by atoms with Crippen LogP contribution in [-0.4, -0.2) is 56.5 Å². The Kier molecular flexibility index (Phi) is 6.47. The van der Waals surface area contributed by atoms with Crippen LogP contribution in [0.15, 0.2) is 47.8 Å². The van der Waals surface area contributed by atoms with Crippen molar-refractivity contribution in [2.45, 2.75) is 12.7 Å². The van der Waals surface area contributed by atoms with Gasteiger partial charge in [-0.3, -0.25) is 9.69 Å². The third-order valence-electron chi connectivity index (χ3n) is 5.78. The highest BCUT2D eigenvalue weighted by atomic mass is 35.5. The van der Waals surface area contributed by atoms with Crippen molar-refractivity contribution in [2.24, 2.45) is 0 Å². The van der Waals surface area contributed by atoms with E-state index in [1.807, 2.05) is 6.07 Å². The number of rotatable bonds is 4. The van der Waals surface area contributed by atoms with Crippen LogP contribution in [0.4, 0.5) is 13.2 Å². The van der Waals surface area contributed by atoms with Crippen LogP contribution in [0.5, 0.6) is 0 Å². The van der Waals surface area contributed by atoms with Crippen molar-refractivity contribution >= 4 is 46.1 Å². The van der Waals surface area contributed by atoms with Gasteiger partial charge in [-0.2, -0.15) is 18.3 Å². The molecule has 3 aromatic heterocycles. The fraction of sp³-hybridized carbons (Fsp3) is 0.261. The predicted octanol–water partition coefficient (Wildman–Crippen LogP) is 5.74. The van der Waals surface area contributed by atoms with Gasteiger partial charge >= 0.3 is 6.18 Å². The molecule has 182 valence electrons. The summed E-state index contributed by atoms with van der Waals surface area (Å²) in [7, 11) is 0. The molecule has 0 atom stereocenters. The molecule has 0 bridgehead atoms. The largest absolute Gasteiger partial charge is 0.433 e. The summed E-state index contributed by atoms with van der Waals surface area (Å²) < 4.78 is 42.0. The Morgan fingerprint density at radius 3 is 2.49 bits per heavy atom. The molecule has 1 aliphatic heterocycles. The van der Waals surface area contributed by atoms with Gasteiger partial charge in [0, 0.05) is 48.8 Å². The summed E-state index contributed by atoms with van der Waals surface area (Å²) in [5.74, 6) is -0.425. The lowest BCUT2D eigenvalue weighted by Gasteiger charge is -2.34. The van der Waals surface area contributed by atoms with Gasteiger partial charge in [-0.15, -0.1) is 11.3 Å². The Morgan fingerprint density at radius 1 is 1.06 bits per heavy atom. The number of aromatic nitrogens is 3. The Hall–Kier alpha value is -2.66. The van der Waals surface area contributed by atoms with Crippen LogP contribution in [0.25, 0.3) is 16.2 Å². The van der Waals surface area contributed by atoms with Crippen molar-refractivity contribution in [1.82, 2.24) is 24.4 Å². The van der Waals surface area contributed by atoms with Crippen molar-refractivity contribution < 1.29 is 18.0 Å². The Bertz CT molecular complexity index is 1380. The van der Waals surface area contributed by atoms with Crippen LogP contribution in [0.1, 0.15) is 21.7 Å². The first-order valence-corrected chi connectivity index (χ1v) is 12.3. The molecule has 4 heterocycles. The van der Waals surface area contributed by atoms with Gasteiger partial charge in [-0.05, 0) is 35.2 Å². The van der Waals surface area contributed by atoms with E-state index in [-0.39, 0.29) is 17.0 Å². The summed E-state index contributed by atoms with van der Waals surface area (Å²) in [5, 5.41) is 6.89. The van der Waals surface area contributed by atoms with Crippen molar-refractivity contribution in [2.75, 3.05) is 26.2 Å². The molecule has 0 N–H and O–H groups in total. The first-order chi connectivity index (χ1) is 16.7. The van der Waals surface area contributed by atoms with E-state index >= 15 is 0 Å². The normalized spacial score (nSPS) is 15.2. The Balaban J connectivity index is 1.35. The highest BCUT2D eigenvalue weighted by Crippen LogP contribution is 2.33. The van der Waals surface area contributed by atoms with Crippen molar-refractivity contribution in [1.29, 1.82) is 0 Å². The highest BCUT2D eigenvalue weighted by molar-refractivity contribution is 7.13. The van der Waals surface area contributed by atoms with E-state index in [1.165, 1.54) is 17.4 Å². The second-order valence-electron chi connectivity index (χ2n) is 8.11. The zero-order valence-electron chi connectivity index (χ0n) is 18.1. The van der Waals surface area contributed by atoms with E-state index in [2.05, 4.69) is 15.0 Å². The molecular formula is C23H18Cl2F3N5OS. The van der Waals surface area contributed by atoms with E-state index in [0.717, 1.165) is 11.6 Å². The van der Waals surface area contributed by atoms with Gasteiger partial charge in [0.15, 0.2) is 17.0 Å². The minimum Gasteiger partial charge on any atom is -0.335 e. The molecule has 12 heteroatoms. The molecule has 0 radical (unpaired) electrons. The monoisotopic (exact) mass is 539 g/mol. The van der Waals surface area contributed by atoms with E-state index in [9.17, 15) is 18.0 Å². The van der Waals surface area contributed by atoms with E-state index in [4.69, 9.17) is 23.2 Å². The summed E-state index contributed by atoms with van der Waals surface area (Å²) in [6.07, 6.45) is -4.66. The van der Waals surface area contributed by atoms with Crippen LogP contribution in [0.3, 0.4) is 0 Å². The highest BCUT2D eigenvalue weighted by Gasteiger charge is 2.36. The summed E-state index contributed by atoms with van der Waals surface area (Å²) in [6.45, 7) is 2.62. The number of benzene rings is 1. The van der Waals surface area contributed by atoms with E-state index < -0.39 is 17.8 Å². The number of amides is 1. The molecule has 0 aliphatic carbocycles. The molecule has 1 aromatic carbocycles. The number of alkyl halides is 3. The number of hydrogen-bond donors (Lipinski definition) is 0. The topological polar surface area (TPSA) is 53.7 Å². The lowest BCUT2D eigenvalue weighted by Crippen LogP contribution is -2.48. The average Bonchev–Trinajstić information content (AvgIpc) is 3.49. The summed E-state index contributed by atoms with van der Waals surface area (Å²) in [6, 6.07) is 11.0. The maximum absolute atomic E-state index is 13.8. The second kappa shape index (κ2) is 9.42. The zero-order valence-corrected chi connectivity index (χ0v) is 20.4. The summed E-state index contributed by atoms with van der Waals surface area (Å²) in [5.41, 5.74) is 0.0504. The number of nitrogens with zero attached hydrogens (tertiary/aromatic N) is 5. The first kappa shape index (κ1) is 24.1. The summed E-state index contributed by atoms with van der Waals surface area (Å²) >= 11 is 13.5. The molecule has 1 aliphatic rings. The van der Waals surface area contributed by atoms with Gasteiger partial charge in [0.1, 0.15) is 0 Å². The van der Waals surface area contributed by atoms with Gasteiger partial charge < -0.3 is 4.90 Å². The molecule has 6 nitrogen and oxygen atoms in total. The van der Waals surface area contributed by atoms with Gasteiger partial charge in [-0.1, -0.05) is 35.3 Å². The number of fused-ring (bicyclic) bond motifs is 1. The van der Waals surface area contributed by atoms with Gasteiger partial charge in [0.2, 0.25) is 0 Å². The Labute approximate surface area is 212 Å². The van der Waals surface area contributed by atoms with Crippen molar-refractivity contribution in [3.05, 3.63) is 74.8 Å². The SMILES string of the molecule is O=C(c1cc2nc(-c3cccs3)cc(C(F)(F)F)n2n1)N1CCN(Cc2ccc(Cl)cc2Cl)CC1. The molecule has 35 heavy (non-hydrogen) atoms. The average molecular weight is 540 g/mol. The first-order valence-electron chi connectivity index (χ1n) is 10.7. The minimum absolute atomic E-state index is 0.0254. The number of hydrogen-bond acceptors (Lipinski definition) is 5. The van der Waals surface area contributed by atoms with E-state index in [0.29, 0.717) is 52.2 Å². The molecule has 1 amide bonds. The number of carbonyl (C=O) groups excluding carboxylic acids is 1. The van der Waals surface area contributed by atoms with Crippen LogP contribution in [-0.2, 0) is 12.7 Å². The quantitative estimate of drug-likeness (QED) is 0.331. The fourth-order valence-corrected chi connectivity index (χ4v) is 5.15. The standard InChI is InChI=1S/C23H18Cl2F3N5OS/c24-15-4-3-14(16(25)10-15)13-31-5-7-32(8-6-31)22(34)18-12-21-29-17(19-2-1-9-35-19)11-20(23(26,27)28)33(21)30-18/h1-4,9-12H,5-8,13H2. The molecular weight excluding hydrogens is 522 g/mol. The molecule has 1 fully saturated rings. The second-order valence-corrected chi connectivity index (χ2v) is 9.90. The lowest BCUT2D eigenvalue weighted by atomic mass is 10.2. The molecule has 0 spiro atoms. The zero-order chi connectivity index (χ0) is 24.7. The number of thiophene rings is 1. The van der Waals surface area contributed by atoms with Crippen molar-refractivity contribution in [3.8, 4) is 10.6 Å².